The van der Waals surface area contributed by atoms with Crippen molar-refractivity contribution in [3.8, 4) is 0 Å². The summed E-state index contributed by atoms with van der Waals surface area (Å²) in [6.07, 6.45) is 4.32. The van der Waals surface area contributed by atoms with Gasteiger partial charge >= 0.3 is 0 Å². The Morgan fingerprint density at radius 1 is 1.55 bits per heavy atom. The summed E-state index contributed by atoms with van der Waals surface area (Å²) >= 11 is 0. The number of carbonyl (C=O) groups excluding carboxylic acids is 1. The lowest BCUT2D eigenvalue weighted by Gasteiger charge is -2.09. The predicted octanol–water partition coefficient (Wildman–Crippen LogP) is 0.939. The van der Waals surface area contributed by atoms with Crippen LogP contribution < -0.4 is 0 Å². The molecule has 0 aliphatic heterocycles. The Kier molecular flexibility index (Phi) is 1.31. The van der Waals surface area contributed by atoms with Crippen molar-refractivity contribution in [3.63, 3.8) is 0 Å². The van der Waals surface area contributed by atoms with Crippen LogP contribution in [0.1, 0.15) is 29.0 Å². The first-order valence-corrected chi connectivity index (χ1v) is 3.82. The van der Waals surface area contributed by atoms with Crippen LogP contribution in [0.3, 0.4) is 0 Å². The highest BCUT2D eigenvalue weighted by Crippen LogP contribution is 2.18. The third kappa shape index (κ3) is 0.878. The minimum Gasteiger partial charge on any atom is -0.331 e. The van der Waals surface area contributed by atoms with Crippen LogP contribution >= 0.6 is 0 Å². The molecule has 1 heterocycles. The molecule has 3 heteroatoms. The van der Waals surface area contributed by atoms with Crippen molar-refractivity contribution in [2.45, 2.75) is 19.3 Å². The van der Waals surface area contributed by atoms with Crippen LogP contribution in [0.25, 0.3) is 0 Å². The van der Waals surface area contributed by atoms with E-state index in [9.17, 15) is 4.79 Å². The lowest BCUT2D eigenvalue weighted by atomic mass is 10.00. The van der Waals surface area contributed by atoms with Crippen LogP contribution in [0.4, 0.5) is 0 Å². The van der Waals surface area contributed by atoms with Gasteiger partial charge in [-0.15, -0.1) is 0 Å². The first-order valence-electron chi connectivity index (χ1n) is 3.82. The van der Waals surface area contributed by atoms with Crippen molar-refractivity contribution in [1.29, 1.82) is 0 Å². The van der Waals surface area contributed by atoms with Crippen molar-refractivity contribution in [3.05, 3.63) is 17.7 Å². The van der Waals surface area contributed by atoms with Gasteiger partial charge in [0.2, 0.25) is 0 Å². The van der Waals surface area contributed by atoms with Crippen LogP contribution in [0, 0.1) is 0 Å². The van der Waals surface area contributed by atoms with Gasteiger partial charge in [0.25, 0.3) is 0 Å². The highest BCUT2D eigenvalue weighted by molar-refractivity contribution is 5.96. The number of Topliss-reactive ketones (excluding diaryl/α,β-unsaturated/α-hetero) is 1. The molecule has 58 valence electrons. The normalized spacial score (nSPS) is 16.6. The van der Waals surface area contributed by atoms with Gasteiger partial charge in [-0.2, -0.15) is 0 Å². The van der Waals surface area contributed by atoms with Gasteiger partial charge in [-0.3, -0.25) is 4.79 Å². The largest absolute Gasteiger partial charge is 0.331 e. The number of hydrogen-bond donors (Lipinski definition) is 0. The Morgan fingerprint density at radius 3 is 3.09 bits per heavy atom. The maximum Gasteiger partial charge on any atom is 0.181 e. The molecular formula is C8H10N2O. The summed E-state index contributed by atoms with van der Waals surface area (Å²) < 4.78 is 1.82. The first kappa shape index (κ1) is 6.58. The van der Waals surface area contributed by atoms with E-state index in [-0.39, 0.29) is 5.78 Å². The summed E-state index contributed by atoms with van der Waals surface area (Å²) in [6.45, 7) is 0. The van der Waals surface area contributed by atoms with Gasteiger partial charge < -0.3 is 4.57 Å². The number of rotatable bonds is 0. The Labute approximate surface area is 65.1 Å². The van der Waals surface area contributed by atoms with Gasteiger partial charge in [0.1, 0.15) is 5.69 Å². The van der Waals surface area contributed by atoms with Gasteiger partial charge in [0, 0.05) is 13.5 Å². The maximum atomic E-state index is 11.3. The number of aryl methyl sites for hydroxylation is 2. The van der Waals surface area contributed by atoms with Gasteiger partial charge in [-0.1, -0.05) is 0 Å². The van der Waals surface area contributed by atoms with Crippen molar-refractivity contribution < 1.29 is 4.79 Å². The van der Waals surface area contributed by atoms with E-state index in [4.69, 9.17) is 0 Å². The molecule has 0 saturated carbocycles. The van der Waals surface area contributed by atoms with E-state index in [1.807, 2.05) is 11.6 Å². The molecule has 0 amide bonds. The van der Waals surface area contributed by atoms with E-state index in [0.29, 0.717) is 6.42 Å². The standard InChI is InChI=1S/C8H10N2O/c1-10-5-9-6-3-2-4-7(11)8(6)10/h5H,2-4H2,1H3. The second-order valence-corrected chi connectivity index (χ2v) is 2.93. The van der Waals surface area contributed by atoms with Crippen LogP contribution in [0.15, 0.2) is 6.33 Å². The van der Waals surface area contributed by atoms with Crippen molar-refractivity contribution >= 4 is 5.78 Å². The van der Waals surface area contributed by atoms with Crippen LogP contribution in [0.5, 0.6) is 0 Å². The minimum atomic E-state index is 0.242. The summed E-state index contributed by atoms with van der Waals surface area (Å²) in [7, 11) is 1.87. The molecule has 0 unspecified atom stereocenters. The highest BCUT2D eigenvalue weighted by atomic mass is 16.1. The Balaban J connectivity index is 2.56. The molecule has 0 spiro atoms. The van der Waals surface area contributed by atoms with Crippen LogP contribution in [0.2, 0.25) is 0 Å². The van der Waals surface area contributed by atoms with Crippen molar-refractivity contribution in [1.82, 2.24) is 9.55 Å². The molecule has 0 atom stereocenters. The molecule has 0 bridgehead atoms. The smallest absolute Gasteiger partial charge is 0.181 e. The number of imidazole rings is 1. The summed E-state index contributed by atoms with van der Waals surface area (Å²) in [4.78, 5) is 15.5. The van der Waals surface area contributed by atoms with E-state index in [2.05, 4.69) is 4.98 Å². The average molecular weight is 150 g/mol. The number of fused-ring (bicyclic) bond motifs is 1. The van der Waals surface area contributed by atoms with Gasteiger partial charge in [0.15, 0.2) is 5.78 Å². The summed E-state index contributed by atoms with van der Waals surface area (Å²) in [5.74, 6) is 0.242. The second kappa shape index (κ2) is 2.19. The van der Waals surface area contributed by atoms with E-state index in [0.717, 1.165) is 24.2 Å². The molecule has 3 nitrogen and oxygen atoms in total. The van der Waals surface area contributed by atoms with Crippen LogP contribution in [-0.2, 0) is 13.5 Å². The van der Waals surface area contributed by atoms with E-state index in [1.54, 1.807) is 6.33 Å². The Hall–Kier alpha value is -1.12. The van der Waals surface area contributed by atoms with E-state index >= 15 is 0 Å². The first-order chi connectivity index (χ1) is 5.29. The van der Waals surface area contributed by atoms with E-state index in [1.165, 1.54) is 0 Å². The minimum absolute atomic E-state index is 0.242. The predicted molar refractivity (Wildman–Crippen MR) is 40.5 cm³/mol. The summed E-state index contributed by atoms with van der Waals surface area (Å²) in [5, 5.41) is 0. The van der Waals surface area contributed by atoms with Crippen molar-refractivity contribution in [2.75, 3.05) is 0 Å². The average Bonchev–Trinajstić information content (AvgIpc) is 2.34. The van der Waals surface area contributed by atoms with Gasteiger partial charge in [-0.05, 0) is 12.8 Å². The topological polar surface area (TPSA) is 34.9 Å². The number of ketones is 1. The SMILES string of the molecule is Cn1cnc2c1C(=O)CCC2. The molecule has 0 radical (unpaired) electrons. The molecule has 1 aliphatic carbocycles. The Bertz CT molecular complexity index is 301. The number of aromatic nitrogens is 2. The van der Waals surface area contributed by atoms with Crippen molar-refractivity contribution in [2.24, 2.45) is 7.05 Å². The maximum absolute atomic E-state index is 11.3. The number of carbonyl (C=O) groups is 1. The lowest BCUT2D eigenvalue weighted by Crippen LogP contribution is -2.13. The zero-order chi connectivity index (χ0) is 7.84. The number of nitrogens with zero attached hydrogens (tertiary/aromatic N) is 2. The monoisotopic (exact) mass is 150 g/mol. The fourth-order valence-corrected chi connectivity index (χ4v) is 1.55. The fraction of sp³-hybridized carbons (Fsp3) is 0.500. The molecule has 0 aromatic carbocycles. The zero-order valence-electron chi connectivity index (χ0n) is 6.50. The van der Waals surface area contributed by atoms with E-state index < -0.39 is 0 Å². The molecule has 1 aromatic heterocycles. The third-order valence-electron chi connectivity index (χ3n) is 2.09. The second-order valence-electron chi connectivity index (χ2n) is 2.93. The molecule has 2 rings (SSSR count). The lowest BCUT2D eigenvalue weighted by molar-refractivity contribution is 0.0964. The number of hydrogen-bond acceptors (Lipinski definition) is 2. The summed E-state index contributed by atoms with van der Waals surface area (Å²) in [6, 6.07) is 0. The zero-order valence-corrected chi connectivity index (χ0v) is 6.50. The molecular weight excluding hydrogens is 140 g/mol. The Morgan fingerprint density at radius 2 is 2.36 bits per heavy atom. The van der Waals surface area contributed by atoms with Gasteiger partial charge in [0.05, 0.1) is 12.0 Å². The molecule has 1 aliphatic rings. The molecule has 0 N–H and O–H groups in total. The highest BCUT2D eigenvalue weighted by Gasteiger charge is 2.20. The quantitative estimate of drug-likeness (QED) is 0.551. The molecule has 0 saturated heterocycles. The molecule has 1 aromatic rings. The molecule has 0 fully saturated rings. The van der Waals surface area contributed by atoms with Gasteiger partial charge in [-0.25, -0.2) is 4.98 Å². The summed E-state index contributed by atoms with van der Waals surface area (Å²) in [5.41, 5.74) is 1.79. The van der Waals surface area contributed by atoms with Crippen LogP contribution in [-0.4, -0.2) is 15.3 Å². The fourth-order valence-electron chi connectivity index (χ4n) is 1.55. The third-order valence-corrected chi connectivity index (χ3v) is 2.09. The molecule has 11 heavy (non-hydrogen) atoms.